The fraction of sp³-hybridized carbons (Fsp3) is 0.132. The predicted octanol–water partition coefficient (Wildman–Crippen LogP) is 13.8. The molecule has 0 spiro atoms. The molecule has 0 aliphatic heterocycles. The number of nitrogens with zero attached hydrogens (tertiary/aromatic N) is 1. The van der Waals surface area contributed by atoms with Gasteiger partial charge in [0.15, 0.2) is 0 Å². The summed E-state index contributed by atoms with van der Waals surface area (Å²) in [5, 5.41) is 10.2. The Bertz CT molecular complexity index is 2640. The summed E-state index contributed by atoms with van der Waals surface area (Å²) in [6.45, 7) is 4.61. The van der Waals surface area contributed by atoms with Crippen LogP contribution in [0.15, 0.2) is 200 Å². The highest BCUT2D eigenvalue weighted by molar-refractivity contribution is 6.10. The third kappa shape index (κ3) is 7.10. The first-order valence-electron chi connectivity index (χ1n) is 19.9. The molecule has 1 aliphatic rings. The molecule has 2 N–H and O–H groups in total. The van der Waals surface area contributed by atoms with Gasteiger partial charge in [-0.3, -0.25) is 0 Å². The summed E-state index contributed by atoms with van der Waals surface area (Å²) in [5.41, 5.74) is 14.8. The number of benzene rings is 7. The third-order valence-corrected chi connectivity index (χ3v) is 11.5. The van der Waals surface area contributed by atoms with Gasteiger partial charge >= 0.3 is 0 Å². The lowest BCUT2D eigenvalue weighted by Gasteiger charge is -2.30. The monoisotopic (exact) mass is 725 g/mol. The second kappa shape index (κ2) is 15.7. The lowest BCUT2D eigenvalue weighted by molar-refractivity contribution is 0.417. The van der Waals surface area contributed by atoms with Crippen LogP contribution in [0.2, 0.25) is 0 Å². The minimum absolute atomic E-state index is 0.151. The van der Waals surface area contributed by atoms with E-state index in [1.165, 1.54) is 66.5 Å². The van der Waals surface area contributed by atoms with Crippen LogP contribution in [0.25, 0.3) is 44.2 Å². The molecule has 3 atom stereocenters. The summed E-state index contributed by atoms with van der Waals surface area (Å²) < 4.78 is 2.42. The van der Waals surface area contributed by atoms with Gasteiger partial charge in [-0.15, -0.1) is 0 Å². The molecule has 3 heteroatoms. The van der Waals surface area contributed by atoms with Crippen molar-refractivity contribution in [3.05, 3.63) is 222 Å². The number of nitrogens with one attached hydrogen (secondary N) is 2. The number of aromatic nitrogens is 1. The molecule has 0 saturated carbocycles. The van der Waals surface area contributed by atoms with Gasteiger partial charge in [0.05, 0.1) is 11.0 Å². The molecule has 0 fully saturated rings. The lowest BCUT2D eigenvalue weighted by Crippen LogP contribution is -2.28. The quantitative estimate of drug-likeness (QED) is 0.139. The molecule has 0 saturated heterocycles. The summed E-state index contributed by atoms with van der Waals surface area (Å²) in [6, 6.07) is 66.4. The number of anilines is 1. The average Bonchev–Trinajstić information content (AvgIpc) is 3.60. The summed E-state index contributed by atoms with van der Waals surface area (Å²) in [6.07, 6.45) is 6.60. The highest BCUT2D eigenvalue weighted by Crippen LogP contribution is 2.37. The molecule has 9 rings (SSSR count). The Morgan fingerprint density at radius 3 is 1.86 bits per heavy atom. The van der Waals surface area contributed by atoms with E-state index in [1.54, 1.807) is 0 Å². The molecule has 1 aliphatic carbocycles. The maximum Gasteiger partial charge on any atom is 0.0547 e. The summed E-state index contributed by atoms with van der Waals surface area (Å²) in [7, 11) is 0. The smallest absolute Gasteiger partial charge is 0.0547 e. The van der Waals surface area contributed by atoms with Crippen LogP contribution >= 0.6 is 0 Å². The van der Waals surface area contributed by atoms with Crippen molar-refractivity contribution in [2.24, 2.45) is 0 Å². The van der Waals surface area contributed by atoms with Gasteiger partial charge in [-0.1, -0.05) is 165 Å². The van der Waals surface area contributed by atoms with E-state index < -0.39 is 0 Å². The van der Waals surface area contributed by atoms with E-state index >= 15 is 0 Å². The van der Waals surface area contributed by atoms with Crippen molar-refractivity contribution in [1.29, 1.82) is 0 Å². The van der Waals surface area contributed by atoms with E-state index in [-0.39, 0.29) is 12.1 Å². The van der Waals surface area contributed by atoms with Crippen LogP contribution in [0.4, 0.5) is 5.69 Å². The number of hydrogen-bond acceptors (Lipinski definition) is 2. The normalized spacial score (nSPS) is 14.5. The van der Waals surface area contributed by atoms with Gasteiger partial charge in [0.2, 0.25) is 0 Å². The molecular formula is C53H47N3. The molecular weight excluding hydrogens is 679 g/mol. The highest BCUT2D eigenvalue weighted by atomic mass is 15.0. The van der Waals surface area contributed by atoms with Gasteiger partial charge in [-0.25, -0.2) is 0 Å². The fourth-order valence-electron chi connectivity index (χ4n) is 8.45. The molecule has 0 radical (unpaired) electrons. The van der Waals surface area contributed by atoms with E-state index in [0.29, 0.717) is 5.92 Å². The van der Waals surface area contributed by atoms with Gasteiger partial charge in [0, 0.05) is 51.4 Å². The van der Waals surface area contributed by atoms with Crippen molar-refractivity contribution >= 4 is 33.1 Å². The first-order chi connectivity index (χ1) is 27.6. The topological polar surface area (TPSA) is 29.0 Å². The minimum atomic E-state index is 0.151. The number of allylic oxidation sites excluding steroid dienone is 4. The van der Waals surface area contributed by atoms with Crippen LogP contribution in [0, 0.1) is 0 Å². The van der Waals surface area contributed by atoms with Crippen LogP contribution in [0.5, 0.6) is 0 Å². The van der Waals surface area contributed by atoms with Gasteiger partial charge in [0.1, 0.15) is 0 Å². The second-order valence-corrected chi connectivity index (χ2v) is 15.1. The molecule has 274 valence electrons. The molecule has 0 amide bonds. The third-order valence-electron chi connectivity index (χ3n) is 11.5. The Morgan fingerprint density at radius 1 is 0.518 bits per heavy atom. The fourth-order valence-corrected chi connectivity index (χ4v) is 8.45. The Labute approximate surface area is 330 Å². The van der Waals surface area contributed by atoms with E-state index in [1.807, 2.05) is 0 Å². The number of rotatable bonds is 11. The van der Waals surface area contributed by atoms with Crippen molar-refractivity contribution in [1.82, 2.24) is 9.88 Å². The zero-order valence-corrected chi connectivity index (χ0v) is 32.1. The average molecular weight is 726 g/mol. The Morgan fingerprint density at radius 2 is 1.12 bits per heavy atom. The Balaban J connectivity index is 1.02. The van der Waals surface area contributed by atoms with Crippen molar-refractivity contribution in [3.8, 4) is 16.8 Å². The van der Waals surface area contributed by atoms with Crippen molar-refractivity contribution in [3.63, 3.8) is 0 Å². The molecule has 1 heterocycles. The number of hydrogen-bond donors (Lipinski definition) is 2. The zero-order chi connectivity index (χ0) is 37.8. The first kappa shape index (κ1) is 35.3. The molecule has 1 aromatic heterocycles. The van der Waals surface area contributed by atoms with Crippen LogP contribution in [0.1, 0.15) is 66.9 Å². The highest BCUT2D eigenvalue weighted by Gasteiger charge is 2.23. The van der Waals surface area contributed by atoms with Crippen molar-refractivity contribution in [2.45, 2.75) is 44.7 Å². The second-order valence-electron chi connectivity index (χ2n) is 15.1. The molecule has 8 aromatic rings. The van der Waals surface area contributed by atoms with E-state index in [0.717, 1.165) is 24.2 Å². The van der Waals surface area contributed by atoms with Gasteiger partial charge < -0.3 is 15.2 Å². The van der Waals surface area contributed by atoms with Crippen LogP contribution in [-0.2, 0) is 0 Å². The Hall–Kier alpha value is -6.42. The standard InChI is InChI=1S/C53H47N3/c1-37(39-16-6-3-7-17-39)53(43-18-8-4-9-19-43)54-38(2)40-30-33-46(34-31-40)56-51-25-15-13-23-48(51)49-35-32-44(36-52(49)56)41-26-28-42(29-27-41)47-22-12-14-24-50(47)55-45-20-10-5-11-21-45/h3-13,15-23,25-38,53-55H,14,24H2,1-2H3. The molecule has 3 nitrogen and oxygen atoms in total. The molecule has 7 aromatic carbocycles. The van der Waals surface area contributed by atoms with Gasteiger partial charge in [0.25, 0.3) is 0 Å². The van der Waals surface area contributed by atoms with Gasteiger partial charge in [-0.2, -0.15) is 0 Å². The summed E-state index contributed by atoms with van der Waals surface area (Å²) in [4.78, 5) is 0. The van der Waals surface area contributed by atoms with Crippen LogP contribution < -0.4 is 10.6 Å². The first-order valence-corrected chi connectivity index (χ1v) is 19.9. The zero-order valence-electron chi connectivity index (χ0n) is 32.1. The molecule has 3 unspecified atom stereocenters. The summed E-state index contributed by atoms with van der Waals surface area (Å²) >= 11 is 0. The molecule has 0 bridgehead atoms. The maximum absolute atomic E-state index is 4.01. The predicted molar refractivity (Wildman–Crippen MR) is 237 cm³/mol. The molecule has 56 heavy (non-hydrogen) atoms. The maximum atomic E-state index is 4.01. The van der Waals surface area contributed by atoms with E-state index in [4.69, 9.17) is 0 Å². The van der Waals surface area contributed by atoms with E-state index in [9.17, 15) is 0 Å². The van der Waals surface area contributed by atoms with Crippen LogP contribution in [0.3, 0.4) is 0 Å². The SMILES string of the molecule is CC(NC(c1ccccc1)C(C)c1ccccc1)c1ccc(-n2c3ccccc3c3ccc(-c4ccc(C5=C(Nc6ccccc6)CCC=C5)cc4)cc32)cc1. The number of fused-ring (bicyclic) bond motifs is 3. The van der Waals surface area contributed by atoms with E-state index in [2.05, 4.69) is 223 Å². The van der Waals surface area contributed by atoms with Crippen molar-refractivity contribution in [2.75, 3.05) is 5.32 Å². The lowest BCUT2D eigenvalue weighted by atomic mass is 9.87. The number of para-hydroxylation sites is 2. The van der Waals surface area contributed by atoms with Gasteiger partial charge in [-0.05, 0) is 89.5 Å². The Kier molecular flexibility index (Phi) is 9.92. The van der Waals surface area contributed by atoms with Crippen LogP contribution in [-0.4, -0.2) is 4.57 Å². The minimum Gasteiger partial charge on any atom is -0.358 e. The largest absolute Gasteiger partial charge is 0.358 e. The summed E-state index contributed by atoms with van der Waals surface area (Å²) in [5.74, 6) is 0.304. The van der Waals surface area contributed by atoms with Crippen molar-refractivity contribution < 1.29 is 0 Å².